The molecule has 2 amide bonds. The van der Waals surface area contributed by atoms with Crippen LogP contribution in [0, 0.1) is 13.8 Å². The van der Waals surface area contributed by atoms with E-state index in [0.717, 1.165) is 57.7 Å². The van der Waals surface area contributed by atoms with Crippen LogP contribution >= 0.6 is 22.7 Å². The van der Waals surface area contributed by atoms with Gasteiger partial charge in [0.25, 0.3) is 0 Å². The van der Waals surface area contributed by atoms with Gasteiger partial charge in [0.1, 0.15) is 0 Å². The molecule has 0 saturated carbocycles. The summed E-state index contributed by atoms with van der Waals surface area (Å²) in [6.07, 6.45) is 5.68. The fraction of sp³-hybridized carbons (Fsp3) is 0.429. The number of aryl methyl sites for hydroxylation is 2. The summed E-state index contributed by atoms with van der Waals surface area (Å²) in [6, 6.07) is 5.79. The number of carbonyl (C=O) groups excluding carboxylic acids is 2. The number of carbonyl (C=O) groups is 2. The molecule has 3 aromatic rings. The Morgan fingerprint density at radius 1 is 0.919 bits per heavy atom. The number of likely N-dealkylation sites (tertiary alicyclic amines) is 1. The number of rotatable bonds is 4. The van der Waals surface area contributed by atoms with Crippen LogP contribution in [0.25, 0.3) is 6.08 Å². The van der Waals surface area contributed by atoms with Crippen LogP contribution in [0.15, 0.2) is 35.2 Å². The maximum atomic E-state index is 12.3. The van der Waals surface area contributed by atoms with Crippen molar-refractivity contribution in [3.8, 4) is 0 Å². The number of benzene rings is 1. The summed E-state index contributed by atoms with van der Waals surface area (Å²) >= 11 is 3.17. The van der Waals surface area contributed by atoms with Crippen molar-refractivity contribution >= 4 is 46.3 Å². The number of nitrogens with two attached hydrogens (primary N) is 1. The van der Waals surface area contributed by atoms with Crippen LogP contribution < -0.4 is 5.73 Å². The van der Waals surface area contributed by atoms with Crippen LogP contribution in [0.1, 0.15) is 66.6 Å². The third-order valence-electron chi connectivity index (χ3n) is 5.52. The molecule has 0 spiro atoms. The molecule has 0 atom stereocenters. The van der Waals surface area contributed by atoms with E-state index in [9.17, 15) is 9.59 Å². The minimum absolute atomic E-state index is 0.0552. The molecular weight excluding hydrogens is 502 g/mol. The van der Waals surface area contributed by atoms with Gasteiger partial charge in [0, 0.05) is 41.3 Å². The smallest absolute Gasteiger partial charge is 0.232 e. The predicted octanol–water partition coefficient (Wildman–Crippen LogP) is 5.87. The number of fused-ring (bicyclic) bond motifs is 1. The number of hydrogen-bond acceptors (Lipinski definition) is 7. The Balaban J connectivity index is 0.000000245. The van der Waals surface area contributed by atoms with Gasteiger partial charge in [-0.25, -0.2) is 9.97 Å². The van der Waals surface area contributed by atoms with Gasteiger partial charge >= 0.3 is 0 Å². The molecule has 9 heteroatoms. The van der Waals surface area contributed by atoms with Crippen molar-refractivity contribution in [2.45, 2.75) is 67.3 Å². The van der Waals surface area contributed by atoms with E-state index < -0.39 is 0 Å². The summed E-state index contributed by atoms with van der Waals surface area (Å²) in [5, 5.41) is 5.92. The van der Waals surface area contributed by atoms with Crippen molar-refractivity contribution in [2.24, 2.45) is 0 Å². The van der Waals surface area contributed by atoms with Crippen LogP contribution in [-0.2, 0) is 29.0 Å². The van der Waals surface area contributed by atoms with E-state index in [0.29, 0.717) is 19.4 Å². The average molecular weight is 542 g/mol. The monoisotopic (exact) mass is 541 g/mol. The zero-order valence-electron chi connectivity index (χ0n) is 22.8. The standard InChI is InChI=1S/C15H15N3OS.C9H12N2OS.2C2H6/c1-10-17-12(9-20-10)7-15(19)18-6-5-13-11(8-18)3-2-4-14(13)16;1-7-10-8(6-13-7)5-9(12)11-3-2-4-11;2*1-2/h2-6,9H,7-8,16H2,1H3;6H,2-5H2,1H3;2*1-2H3. The topological polar surface area (TPSA) is 92.4 Å². The average Bonchev–Trinajstić information content (AvgIpc) is 3.47. The Hall–Kier alpha value is -3.04. The molecule has 7 nitrogen and oxygen atoms in total. The maximum absolute atomic E-state index is 12.3. The summed E-state index contributed by atoms with van der Waals surface area (Å²) in [4.78, 5) is 36.0. The first kappa shape index (κ1) is 30.2. The number of amides is 2. The molecule has 0 radical (unpaired) electrons. The van der Waals surface area contributed by atoms with Gasteiger partial charge in [-0.2, -0.15) is 0 Å². The first-order valence-corrected chi connectivity index (χ1v) is 14.6. The van der Waals surface area contributed by atoms with Crippen molar-refractivity contribution in [1.29, 1.82) is 0 Å². The Labute approximate surface area is 229 Å². The highest BCUT2D eigenvalue weighted by Gasteiger charge is 2.21. The second-order valence-electron chi connectivity index (χ2n) is 8.06. The van der Waals surface area contributed by atoms with Gasteiger partial charge in [0.15, 0.2) is 0 Å². The summed E-state index contributed by atoms with van der Waals surface area (Å²) in [5.41, 5.74) is 10.5. The van der Waals surface area contributed by atoms with Gasteiger partial charge in [0.2, 0.25) is 11.8 Å². The van der Waals surface area contributed by atoms with Gasteiger partial charge in [-0.3, -0.25) is 9.59 Å². The van der Waals surface area contributed by atoms with E-state index in [1.807, 2.05) is 81.5 Å². The third-order valence-corrected chi connectivity index (χ3v) is 7.16. The number of hydrogen-bond donors (Lipinski definition) is 1. The molecular formula is C28H39N5O2S2. The van der Waals surface area contributed by atoms with Crippen LogP contribution in [-0.4, -0.2) is 44.7 Å². The van der Waals surface area contributed by atoms with Gasteiger partial charge in [-0.05, 0) is 38.0 Å². The predicted molar refractivity (Wildman–Crippen MR) is 155 cm³/mol. The lowest BCUT2D eigenvalue weighted by Crippen LogP contribution is -2.42. The highest BCUT2D eigenvalue weighted by atomic mass is 32.1. The molecule has 1 aromatic carbocycles. The second kappa shape index (κ2) is 15.3. The molecule has 1 saturated heterocycles. The summed E-state index contributed by atoms with van der Waals surface area (Å²) < 4.78 is 0. The lowest BCUT2D eigenvalue weighted by Gasteiger charge is -2.30. The molecule has 2 aromatic heterocycles. The minimum Gasteiger partial charge on any atom is -0.398 e. The fourth-order valence-corrected chi connectivity index (χ4v) is 4.84. The number of thiazole rings is 2. The Morgan fingerprint density at radius 2 is 1.49 bits per heavy atom. The van der Waals surface area contributed by atoms with Crippen LogP contribution in [0.5, 0.6) is 0 Å². The normalized spacial score (nSPS) is 13.0. The van der Waals surface area contributed by atoms with Gasteiger partial charge in [-0.1, -0.05) is 39.8 Å². The quantitative estimate of drug-likeness (QED) is 0.417. The lowest BCUT2D eigenvalue weighted by atomic mass is 10.0. The Kier molecular flexibility index (Phi) is 12.5. The van der Waals surface area contributed by atoms with Crippen molar-refractivity contribution in [3.05, 3.63) is 67.7 Å². The van der Waals surface area contributed by atoms with E-state index in [1.165, 1.54) is 0 Å². The summed E-state index contributed by atoms with van der Waals surface area (Å²) in [7, 11) is 0. The zero-order chi connectivity index (χ0) is 27.4. The van der Waals surface area contributed by atoms with Crippen LogP contribution in [0.4, 0.5) is 5.69 Å². The molecule has 0 unspecified atom stereocenters. The van der Waals surface area contributed by atoms with E-state index in [4.69, 9.17) is 5.73 Å². The van der Waals surface area contributed by atoms with Crippen LogP contribution in [0.2, 0.25) is 0 Å². The molecule has 0 aliphatic carbocycles. The molecule has 2 N–H and O–H groups in total. The van der Waals surface area contributed by atoms with Crippen molar-refractivity contribution in [1.82, 2.24) is 19.8 Å². The number of aromatic nitrogens is 2. The highest BCUT2D eigenvalue weighted by Crippen LogP contribution is 2.25. The Morgan fingerprint density at radius 3 is 1.97 bits per heavy atom. The second-order valence-corrected chi connectivity index (χ2v) is 10.2. The van der Waals surface area contributed by atoms with Gasteiger partial charge < -0.3 is 15.5 Å². The van der Waals surface area contributed by atoms with E-state index in [1.54, 1.807) is 33.8 Å². The van der Waals surface area contributed by atoms with Crippen molar-refractivity contribution in [3.63, 3.8) is 0 Å². The third kappa shape index (κ3) is 8.79. The largest absolute Gasteiger partial charge is 0.398 e. The van der Waals surface area contributed by atoms with E-state index in [2.05, 4.69) is 9.97 Å². The van der Waals surface area contributed by atoms with Crippen molar-refractivity contribution < 1.29 is 9.59 Å². The minimum atomic E-state index is 0.0552. The Bertz CT molecular complexity index is 1180. The zero-order valence-corrected chi connectivity index (χ0v) is 24.4. The molecule has 1 fully saturated rings. The molecule has 2 aliphatic rings. The summed E-state index contributed by atoms with van der Waals surface area (Å²) in [6.45, 7) is 14.3. The maximum Gasteiger partial charge on any atom is 0.232 e. The first-order chi connectivity index (χ1) is 17.9. The molecule has 5 rings (SSSR count). The van der Waals surface area contributed by atoms with Gasteiger partial charge in [0.05, 0.1) is 40.8 Å². The molecule has 0 bridgehead atoms. The first-order valence-electron chi connectivity index (χ1n) is 12.8. The molecule has 200 valence electrons. The number of anilines is 1. The van der Waals surface area contributed by atoms with E-state index >= 15 is 0 Å². The molecule has 37 heavy (non-hydrogen) atoms. The number of nitrogens with zero attached hydrogens (tertiary/aromatic N) is 4. The van der Waals surface area contributed by atoms with E-state index in [-0.39, 0.29) is 11.8 Å². The SMILES string of the molecule is CC.CC.Cc1nc(CC(=O)N2C=Cc3c(N)cccc3C2)cs1.Cc1nc(CC(=O)N2CCC2)cs1. The fourth-order valence-electron chi connectivity index (χ4n) is 3.61. The number of nitrogen functional groups attached to an aromatic ring is 1. The highest BCUT2D eigenvalue weighted by molar-refractivity contribution is 7.09. The molecule has 2 aliphatic heterocycles. The van der Waals surface area contributed by atoms with Crippen LogP contribution in [0.3, 0.4) is 0 Å². The van der Waals surface area contributed by atoms with Crippen molar-refractivity contribution in [2.75, 3.05) is 18.8 Å². The van der Waals surface area contributed by atoms with Gasteiger partial charge in [-0.15, -0.1) is 22.7 Å². The summed E-state index contributed by atoms with van der Waals surface area (Å²) in [5.74, 6) is 0.274. The lowest BCUT2D eigenvalue weighted by molar-refractivity contribution is -0.134. The molecule has 4 heterocycles.